The molecule has 1 unspecified atom stereocenters. The number of ether oxygens (including phenoxy) is 3. The smallest absolute Gasteiger partial charge is 0.419 e. The van der Waals surface area contributed by atoms with Gasteiger partial charge in [-0.3, -0.25) is 14.9 Å². The van der Waals surface area contributed by atoms with Crippen LogP contribution in [0.3, 0.4) is 0 Å². The van der Waals surface area contributed by atoms with E-state index in [0.717, 1.165) is 65.5 Å². The van der Waals surface area contributed by atoms with Crippen molar-refractivity contribution in [2.45, 2.75) is 78.0 Å². The number of nitrogens with one attached hydrogen (secondary N) is 1. The molecule has 1 atom stereocenters. The zero-order valence-electron chi connectivity index (χ0n) is 24.7. The van der Waals surface area contributed by atoms with Crippen LogP contribution in [0.1, 0.15) is 72.4 Å². The first-order chi connectivity index (χ1) is 20.3. The maximum atomic E-state index is 14.0. The van der Waals surface area contributed by atoms with Gasteiger partial charge in [0.1, 0.15) is 29.5 Å². The zero-order chi connectivity index (χ0) is 31.4. The maximum Gasteiger partial charge on any atom is 0.419 e. The van der Waals surface area contributed by atoms with Crippen LogP contribution in [0.5, 0.6) is 17.2 Å². The third-order valence-electron chi connectivity index (χ3n) is 7.76. The molecular weight excluding hydrogens is 581 g/mol. The first-order valence-corrected chi connectivity index (χ1v) is 15.0. The highest BCUT2D eigenvalue weighted by Crippen LogP contribution is 2.44. The second kappa shape index (κ2) is 13.3. The molecular formula is C32H35F3N2O5S. The normalized spacial score (nSPS) is 19.1. The highest BCUT2D eigenvalue weighted by Gasteiger charge is 2.38. The van der Waals surface area contributed by atoms with Gasteiger partial charge in [0.05, 0.1) is 17.1 Å². The molecule has 0 saturated carbocycles. The average molecular weight is 617 g/mol. The summed E-state index contributed by atoms with van der Waals surface area (Å²) < 4.78 is 60.4. The lowest BCUT2D eigenvalue weighted by Gasteiger charge is -2.38. The van der Waals surface area contributed by atoms with Crippen molar-refractivity contribution < 1.29 is 37.0 Å². The summed E-state index contributed by atoms with van der Waals surface area (Å²) in [6, 6.07) is 3.55. The zero-order valence-corrected chi connectivity index (χ0v) is 25.5. The molecule has 230 valence electrons. The van der Waals surface area contributed by atoms with Gasteiger partial charge in [0, 0.05) is 12.0 Å². The van der Waals surface area contributed by atoms with E-state index in [1.165, 1.54) is 18.2 Å². The first-order valence-electron chi connectivity index (χ1n) is 14.2. The molecule has 4 rings (SSSR count). The number of carbonyl (C=O) groups is 2. The van der Waals surface area contributed by atoms with Gasteiger partial charge in [0.15, 0.2) is 0 Å². The standard InChI is InChI=1S/C32H35F3N2O5S/c1-19-20(2)28-23(21(3)27(19)40-15-9-7-6-8-14-36-5)12-13-31(4,42-28)18-41-25-11-10-22(16-24(25)32(33,34)35)17-26-29(38)37-30(39)43-26/h10-11,16-17H,6-9,12-15,18H2,1-4H3,(H,37,38,39). The molecule has 0 bridgehead atoms. The van der Waals surface area contributed by atoms with Crippen molar-refractivity contribution in [2.24, 2.45) is 0 Å². The van der Waals surface area contributed by atoms with Crippen LogP contribution in [0.2, 0.25) is 0 Å². The summed E-state index contributed by atoms with van der Waals surface area (Å²) in [5, 5.41) is 1.52. The molecule has 2 aromatic rings. The van der Waals surface area contributed by atoms with E-state index in [1.54, 1.807) is 0 Å². The number of unbranched alkanes of at least 4 members (excludes halogenated alkanes) is 3. The minimum atomic E-state index is -4.70. The summed E-state index contributed by atoms with van der Waals surface area (Å²) in [7, 11) is 0. The van der Waals surface area contributed by atoms with Gasteiger partial charge in [-0.1, -0.05) is 6.07 Å². The van der Waals surface area contributed by atoms with Crippen LogP contribution in [0.25, 0.3) is 10.9 Å². The molecule has 2 aliphatic rings. The predicted octanol–water partition coefficient (Wildman–Crippen LogP) is 7.98. The third-order valence-corrected chi connectivity index (χ3v) is 8.57. The SMILES string of the molecule is [C-]#[N+]CCCCCCOc1c(C)c(C)c2c(c1C)CCC(C)(COc1ccc(C=C3SC(=O)NC3=O)cc1C(F)(F)F)O2. The Labute approximate surface area is 254 Å². The number of hydrogen-bond acceptors (Lipinski definition) is 6. The molecule has 0 spiro atoms. The van der Waals surface area contributed by atoms with Crippen molar-refractivity contribution in [1.82, 2.24) is 5.32 Å². The number of rotatable bonds is 11. The lowest BCUT2D eigenvalue weighted by atomic mass is 9.87. The fraction of sp³-hybridized carbons (Fsp3) is 0.469. The van der Waals surface area contributed by atoms with Crippen LogP contribution in [-0.4, -0.2) is 36.5 Å². The third kappa shape index (κ3) is 7.66. The number of fused-ring (bicyclic) bond motifs is 1. The molecule has 0 aliphatic carbocycles. The molecule has 2 aromatic carbocycles. The van der Waals surface area contributed by atoms with Gasteiger partial charge in [0.25, 0.3) is 11.1 Å². The Balaban J connectivity index is 1.47. The van der Waals surface area contributed by atoms with E-state index in [-0.39, 0.29) is 22.8 Å². The summed E-state index contributed by atoms with van der Waals surface area (Å²) in [5.74, 6) is 0.587. The number of halogens is 3. The van der Waals surface area contributed by atoms with E-state index in [0.29, 0.717) is 37.8 Å². The molecule has 1 N–H and O–H groups in total. The van der Waals surface area contributed by atoms with E-state index in [2.05, 4.69) is 10.2 Å². The average Bonchev–Trinajstić information content (AvgIpc) is 3.27. The monoisotopic (exact) mass is 616 g/mol. The van der Waals surface area contributed by atoms with Crippen LogP contribution in [0, 0.1) is 27.3 Å². The van der Waals surface area contributed by atoms with Crippen LogP contribution < -0.4 is 19.5 Å². The van der Waals surface area contributed by atoms with Crippen LogP contribution >= 0.6 is 11.8 Å². The Morgan fingerprint density at radius 3 is 2.51 bits per heavy atom. The van der Waals surface area contributed by atoms with Gasteiger partial charge in [-0.15, -0.1) is 0 Å². The molecule has 11 heteroatoms. The number of thioether (sulfide) groups is 1. The summed E-state index contributed by atoms with van der Waals surface area (Å²) >= 11 is 0.637. The molecule has 7 nitrogen and oxygen atoms in total. The van der Waals surface area contributed by atoms with Crippen LogP contribution in [0.4, 0.5) is 18.0 Å². The maximum absolute atomic E-state index is 14.0. The molecule has 2 amide bonds. The van der Waals surface area contributed by atoms with E-state index in [1.807, 2.05) is 27.7 Å². The number of amides is 2. The van der Waals surface area contributed by atoms with E-state index in [9.17, 15) is 22.8 Å². The number of imide groups is 1. The Bertz CT molecular complexity index is 1480. The van der Waals surface area contributed by atoms with Gasteiger partial charge in [-0.2, -0.15) is 13.2 Å². The van der Waals surface area contributed by atoms with E-state index in [4.69, 9.17) is 20.8 Å². The second-order valence-corrected chi connectivity index (χ2v) is 12.1. The van der Waals surface area contributed by atoms with Crippen molar-refractivity contribution in [2.75, 3.05) is 19.8 Å². The van der Waals surface area contributed by atoms with Crippen molar-refractivity contribution in [1.29, 1.82) is 0 Å². The highest BCUT2D eigenvalue weighted by molar-refractivity contribution is 8.18. The van der Waals surface area contributed by atoms with Gasteiger partial charge >= 0.3 is 6.18 Å². The lowest BCUT2D eigenvalue weighted by Crippen LogP contribution is -2.42. The van der Waals surface area contributed by atoms with Gasteiger partial charge in [-0.25, -0.2) is 6.57 Å². The number of nitrogens with zero attached hydrogens (tertiary/aromatic N) is 1. The number of alkyl halides is 3. The number of hydrogen-bond donors (Lipinski definition) is 1. The van der Waals surface area contributed by atoms with E-state index < -0.39 is 28.5 Å². The molecule has 0 aromatic heterocycles. The molecule has 0 radical (unpaired) electrons. The Kier molecular flexibility index (Phi) is 10.0. The molecule has 1 saturated heterocycles. The minimum absolute atomic E-state index is 0.0241. The van der Waals surface area contributed by atoms with E-state index >= 15 is 0 Å². The second-order valence-electron chi connectivity index (χ2n) is 11.1. The summed E-state index contributed by atoms with van der Waals surface area (Å²) in [6.45, 7) is 15.7. The Morgan fingerprint density at radius 2 is 1.84 bits per heavy atom. The first kappa shape index (κ1) is 32.3. The van der Waals surface area contributed by atoms with Crippen LogP contribution in [0.15, 0.2) is 23.1 Å². The fourth-order valence-electron chi connectivity index (χ4n) is 5.21. The van der Waals surface area contributed by atoms with Crippen molar-refractivity contribution >= 4 is 29.0 Å². The minimum Gasteiger partial charge on any atom is -0.493 e. The van der Waals surface area contributed by atoms with Crippen molar-refractivity contribution in [3.63, 3.8) is 0 Å². The summed E-state index contributed by atoms with van der Waals surface area (Å²) in [6.07, 6.45) is 1.57. The topological polar surface area (TPSA) is 78.2 Å². The fourth-order valence-corrected chi connectivity index (χ4v) is 5.89. The summed E-state index contributed by atoms with van der Waals surface area (Å²) in [5.41, 5.74) is 2.22. The van der Waals surface area contributed by atoms with Crippen molar-refractivity contribution in [3.05, 3.63) is 67.9 Å². The Hall–Kier alpha value is -3.65. The summed E-state index contributed by atoms with van der Waals surface area (Å²) in [4.78, 5) is 26.6. The molecule has 1 fully saturated rings. The van der Waals surface area contributed by atoms with Gasteiger partial charge in [0.2, 0.25) is 6.54 Å². The number of carbonyl (C=O) groups excluding carboxylic acids is 2. The highest BCUT2D eigenvalue weighted by atomic mass is 32.2. The molecule has 2 aliphatic heterocycles. The van der Waals surface area contributed by atoms with Gasteiger partial charge < -0.3 is 19.1 Å². The van der Waals surface area contributed by atoms with Gasteiger partial charge in [-0.05, 0) is 112 Å². The van der Waals surface area contributed by atoms with Crippen LogP contribution in [-0.2, 0) is 17.4 Å². The number of benzene rings is 2. The molecule has 43 heavy (non-hydrogen) atoms. The predicted molar refractivity (Wildman–Crippen MR) is 159 cm³/mol. The largest absolute Gasteiger partial charge is 0.493 e. The lowest BCUT2D eigenvalue weighted by molar-refractivity contribution is -0.139. The Morgan fingerprint density at radius 1 is 1.09 bits per heavy atom. The quantitative estimate of drug-likeness (QED) is 0.157. The van der Waals surface area contributed by atoms with Crippen molar-refractivity contribution in [3.8, 4) is 17.2 Å². The molecule has 2 heterocycles.